The average Bonchev–Trinajstić information content (AvgIpc) is 2.20. The van der Waals surface area contributed by atoms with Gasteiger partial charge >= 0.3 is 0 Å². The molecule has 0 aromatic rings. The van der Waals surface area contributed by atoms with Gasteiger partial charge in [0.1, 0.15) is 5.78 Å². The second kappa shape index (κ2) is 3.83. The van der Waals surface area contributed by atoms with Crippen LogP contribution in [0, 0.1) is 22.7 Å². The minimum Gasteiger partial charge on any atom is -0.299 e. The van der Waals surface area contributed by atoms with E-state index in [4.69, 9.17) is 0 Å². The molecule has 0 saturated heterocycles. The number of carbonyl (C=O) groups excluding carboxylic acids is 1. The molecule has 0 bridgehead atoms. The molecule has 0 aromatic carbocycles. The monoisotopic (exact) mass is 232 g/mol. The molecule has 1 nitrogen and oxygen atoms in total. The van der Waals surface area contributed by atoms with Crippen LogP contribution in [0.15, 0.2) is 23.8 Å². The molecule has 0 spiro atoms. The fourth-order valence-corrected chi connectivity index (χ4v) is 3.35. The summed E-state index contributed by atoms with van der Waals surface area (Å²) in [7, 11) is 0. The lowest BCUT2D eigenvalue weighted by atomic mass is 9.57. The van der Waals surface area contributed by atoms with Crippen molar-refractivity contribution in [1.29, 1.82) is 0 Å². The van der Waals surface area contributed by atoms with Gasteiger partial charge < -0.3 is 0 Å². The second-order valence-electron chi connectivity index (χ2n) is 6.77. The minimum atomic E-state index is -0.260. The third-order valence-corrected chi connectivity index (χ3v) is 5.14. The van der Waals surface area contributed by atoms with Gasteiger partial charge in [0.15, 0.2) is 0 Å². The Morgan fingerprint density at radius 3 is 2.59 bits per heavy atom. The molecule has 0 aliphatic heterocycles. The van der Waals surface area contributed by atoms with Crippen molar-refractivity contribution in [1.82, 2.24) is 0 Å². The smallest absolute Gasteiger partial charge is 0.139 e. The Morgan fingerprint density at radius 1 is 1.35 bits per heavy atom. The predicted octanol–water partition coefficient (Wildman–Crippen LogP) is 4.15. The normalized spacial score (nSPS) is 39.5. The molecular formula is C16H24O. The van der Waals surface area contributed by atoms with Gasteiger partial charge in [-0.15, -0.1) is 0 Å². The first-order chi connectivity index (χ1) is 7.77. The van der Waals surface area contributed by atoms with Crippen molar-refractivity contribution < 1.29 is 4.79 Å². The highest BCUT2D eigenvalue weighted by atomic mass is 16.1. The quantitative estimate of drug-likeness (QED) is 0.663. The molecule has 0 aromatic heterocycles. The first kappa shape index (κ1) is 12.6. The van der Waals surface area contributed by atoms with E-state index in [2.05, 4.69) is 45.9 Å². The number of hydrogen-bond acceptors (Lipinski definition) is 1. The van der Waals surface area contributed by atoms with Crippen molar-refractivity contribution in [2.24, 2.45) is 22.7 Å². The van der Waals surface area contributed by atoms with Crippen LogP contribution in [0.1, 0.15) is 47.5 Å². The maximum atomic E-state index is 11.9. The Labute approximate surface area is 105 Å². The van der Waals surface area contributed by atoms with Gasteiger partial charge in [-0.1, -0.05) is 39.0 Å². The lowest BCUT2D eigenvalue weighted by Crippen LogP contribution is -2.41. The molecule has 2 rings (SSSR count). The molecule has 3 atom stereocenters. The van der Waals surface area contributed by atoms with Crippen molar-refractivity contribution in [2.45, 2.75) is 47.5 Å². The van der Waals surface area contributed by atoms with E-state index in [0.29, 0.717) is 23.0 Å². The lowest BCUT2D eigenvalue weighted by Gasteiger charge is -2.46. The zero-order chi connectivity index (χ0) is 12.8. The summed E-state index contributed by atoms with van der Waals surface area (Å²) in [6.07, 6.45) is 9.03. The van der Waals surface area contributed by atoms with E-state index < -0.39 is 0 Å². The molecule has 1 heteroatoms. The number of carbonyl (C=O) groups is 1. The van der Waals surface area contributed by atoms with Crippen molar-refractivity contribution in [3.05, 3.63) is 23.8 Å². The third kappa shape index (κ3) is 1.90. The summed E-state index contributed by atoms with van der Waals surface area (Å²) in [4.78, 5) is 11.9. The molecule has 0 radical (unpaired) electrons. The van der Waals surface area contributed by atoms with Gasteiger partial charge in [0, 0.05) is 5.41 Å². The highest BCUT2D eigenvalue weighted by Gasteiger charge is 2.44. The molecule has 0 fully saturated rings. The molecule has 0 N–H and O–H groups in total. The maximum Gasteiger partial charge on any atom is 0.139 e. The Kier molecular flexibility index (Phi) is 2.84. The topological polar surface area (TPSA) is 17.1 Å². The number of Topliss-reactive ketones (excluding diaryl/α,β-unsaturated/α-hetero) is 1. The summed E-state index contributed by atoms with van der Waals surface area (Å²) < 4.78 is 0. The van der Waals surface area contributed by atoms with Crippen LogP contribution in [-0.2, 0) is 4.79 Å². The van der Waals surface area contributed by atoms with E-state index >= 15 is 0 Å². The molecule has 0 saturated carbocycles. The van der Waals surface area contributed by atoms with Gasteiger partial charge in [0.2, 0.25) is 0 Å². The van der Waals surface area contributed by atoms with Gasteiger partial charge in [-0.3, -0.25) is 4.79 Å². The van der Waals surface area contributed by atoms with Gasteiger partial charge in [0.25, 0.3) is 0 Å². The summed E-state index contributed by atoms with van der Waals surface area (Å²) in [5, 5.41) is 0. The molecule has 17 heavy (non-hydrogen) atoms. The highest BCUT2D eigenvalue weighted by Crippen LogP contribution is 2.51. The van der Waals surface area contributed by atoms with Crippen LogP contribution in [0.4, 0.5) is 0 Å². The van der Waals surface area contributed by atoms with E-state index in [0.717, 1.165) is 12.8 Å². The van der Waals surface area contributed by atoms with Crippen molar-refractivity contribution in [3.63, 3.8) is 0 Å². The molecule has 0 amide bonds. The van der Waals surface area contributed by atoms with Crippen LogP contribution >= 0.6 is 0 Å². The maximum absolute atomic E-state index is 11.9. The van der Waals surface area contributed by atoms with E-state index in [-0.39, 0.29) is 5.41 Å². The third-order valence-electron chi connectivity index (χ3n) is 5.14. The van der Waals surface area contributed by atoms with E-state index in [1.165, 1.54) is 5.57 Å². The summed E-state index contributed by atoms with van der Waals surface area (Å²) in [6.45, 7) is 10.7. The fraction of sp³-hybridized carbons (Fsp3) is 0.688. The standard InChI is InChI=1S/C16H24O/c1-11-9-14-13(7-6-8-15(14,3)4)10-16(11,5)12(2)17/h6-7,10-11,14H,8-9H2,1-5H3. The molecular weight excluding hydrogens is 208 g/mol. The SMILES string of the molecule is CC(=O)C1(C)C=C2C=CCC(C)(C)C2CC1C. The molecule has 0 heterocycles. The highest BCUT2D eigenvalue weighted by molar-refractivity contribution is 5.84. The zero-order valence-corrected chi connectivity index (χ0v) is 11.7. The van der Waals surface area contributed by atoms with Gasteiger partial charge in [-0.2, -0.15) is 0 Å². The van der Waals surface area contributed by atoms with Crippen LogP contribution in [0.5, 0.6) is 0 Å². The van der Waals surface area contributed by atoms with Crippen molar-refractivity contribution in [3.8, 4) is 0 Å². The largest absolute Gasteiger partial charge is 0.299 e. The Morgan fingerprint density at radius 2 is 2.00 bits per heavy atom. The van der Waals surface area contributed by atoms with E-state index in [1.807, 2.05) is 0 Å². The second-order valence-corrected chi connectivity index (χ2v) is 6.77. The summed E-state index contributed by atoms with van der Waals surface area (Å²) in [5.41, 5.74) is 1.47. The molecule has 94 valence electrons. The zero-order valence-electron chi connectivity index (χ0n) is 11.7. The Bertz CT molecular complexity index is 400. The fourth-order valence-electron chi connectivity index (χ4n) is 3.35. The van der Waals surface area contributed by atoms with Crippen LogP contribution in [0.3, 0.4) is 0 Å². The molecule has 2 aliphatic carbocycles. The van der Waals surface area contributed by atoms with Gasteiger partial charge in [-0.25, -0.2) is 0 Å². The van der Waals surface area contributed by atoms with E-state index in [9.17, 15) is 4.79 Å². The first-order valence-corrected chi connectivity index (χ1v) is 6.68. The Hall–Kier alpha value is -0.850. The lowest BCUT2D eigenvalue weighted by molar-refractivity contribution is -0.126. The number of rotatable bonds is 1. The average molecular weight is 232 g/mol. The predicted molar refractivity (Wildman–Crippen MR) is 71.7 cm³/mol. The number of hydrogen-bond donors (Lipinski definition) is 0. The number of fused-ring (bicyclic) bond motifs is 1. The summed E-state index contributed by atoms with van der Waals surface area (Å²) in [6, 6.07) is 0. The summed E-state index contributed by atoms with van der Waals surface area (Å²) in [5.74, 6) is 1.36. The van der Waals surface area contributed by atoms with Gasteiger partial charge in [-0.05, 0) is 49.5 Å². The van der Waals surface area contributed by atoms with Crippen molar-refractivity contribution >= 4 is 5.78 Å². The van der Waals surface area contributed by atoms with E-state index in [1.54, 1.807) is 6.92 Å². The molecule has 2 aliphatic rings. The van der Waals surface area contributed by atoms with Gasteiger partial charge in [0.05, 0.1) is 0 Å². The minimum absolute atomic E-state index is 0.260. The number of allylic oxidation sites excluding steroid dienone is 4. The number of ketones is 1. The Balaban J connectivity index is 2.46. The molecule has 3 unspecified atom stereocenters. The van der Waals surface area contributed by atoms with Crippen LogP contribution in [-0.4, -0.2) is 5.78 Å². The first-order valence-electron chi connectivity index (χ1n) is 6.68. The summed E-state index contributed by atoms with van der Waals surface area (Å²) >= 11 is 0. The van der Waals surface area contributed by atoms with Crippen LogP contribution in [0.2, 0.25) is 0 Å². The van der Waals surface area contributed by atoms with Crippen LogP contribution < -0.4 is 0 Å². The van der Waals surface area contributed by atoms with Crippen LogP contribution in [0.25, 0.3) is 0 Å². The van der Waals surface area contributed by atoms with Crippen molar-refractivity contribution in [2.75, 3.05) is 0 Å².